The summed E-state index contributed by atoms with van der Waals surface area (Å²) in [5.41, 5.74) is 3.28. The van der Waals surface area contributed by atoms with E-state index in [0.717, 1.165) is 24.3 Å². The van der Waals surface area contributed by atoms with E-state index >= 15 is 0 Å². The fraction of sp³-hybridized carbons (Fsp3) is 0.350. The Morgan fingerprint density at radius 1 is 1.08 bits per heavy atom. The van der Waals surface area contributed by atoms with Gasteiger partial charge in [-0.15, -0.1) is 0 Å². The van der Waals surface area contributed by atoms with Crippen LogP contribution < -0.4 is 3.58 Å². The average Bonchev–Trinajstić information content (AvgIpc) is 3.06. The third-order valence-electron chi connectivity index (χ3n) is 5.08. The number of furan rings is 1. The molecule has 2 aromatic carbocycles. The van der Waals surface area contributed by atoms with E-state index in [1.54, 1.807) is 3.58 Å². The van der Waals surface area contributed by atoms with Crippen molar-refractivity contribution in [3.8, 4) is 0 Å². The third-order valence-corrected chi connectivity index (χ3v) is 10.8. The first-order valence-corrected chi connectivity index (χ1v) is 18.6. The first-order valence-electron chi connectivity index (χ1n) is 8.61. The Labute approximate surface area is 147 Å². The molecule has 0 bridgehead atoms. The van der Waals surface area contributed by atoms with Gasteiger partial charge in [0, 0.05) is 0 Å². The van der Waals surface area contributed by atoms with Gasteiger partial charge in [-0.2, -0.15) is 0 Å². The van der Waals surface area contributed by atoms with Gasteiger partial charge < -0.3 is 0 Å². The standard InChI is InChI=1S/C17H16N2O.3CH3.Sn/c1-18-10-11-19(2)17(18)14-8-5-7-13-12-6-3-4-9-15(12)20-16(13)14;;;;/h3-4,6-9H,10-11H2,1-2H3;3*1H3;/q+1;;;;. The number of likely N-dealkylation sites (N-methyl/N-ethyl adjacent to an activating group) is 2. The second kappa shape index (κ2) is 5.51. The molecule has 0 unspecified atom stereocenters. The van der Waals surface area contributed by atoms with Gasteiger partial charge in [-0.05, 0) is 0 Å². The van der Waals surface area contributed by atoms with Gasteiger partial charge in [-0.1, -0.05) is 0 Å². The molecule has 4 rings (SSSR count). The molecule has 0 fully saturated rings. The number of rotatable bonds is 2. The maximum absolute atomic E-state index is 6.31. The summed E-state index contributed by atoms with van der Waals surface area (Å²) >= 11 is -2.21. The molecule has 4 heteroatoms. The average molecular weight is 428 g/mol. The Morgan fingerprint density at radius 2 is 1.83 bits per heavy atom. The quantitative estimate of drug-likeness (QED) is 0.460. The van der Waals surface area contributed by atoms with Crippen LogP contribution in [0, 0.1) is 0 Å². The van der Waals surface area contributed by atoms with Crippen molar-refractivity contribution < 1.29 is 8.99 Å². The van der Waals surface area contributed by atoms with Crippen molar-refractivity contribution in [1.82, 2.24) is 4.90 Å². The van der Waals surface area contributed by atoms with Crippen LogP contribution in [0.3, 0.4) is 0 Å². The number of nitrogens with zero attached hydrogens (tertiary/aromatic N) is 2. The van der Waals surface area contributed by atoms with Crippen molar-refractivity contribution in [2.45, 2.75) is 14.8 Å². The molecule has 1 aliphatic heterocycles. The van der Waals surface area contributed by atoms with E-state index in [4.69, 9.17) is 4.42 Å². The summed E-state index contributed by atoms with van der Waals surface area (Å²) in [6.07, 6.45) is 0. The molecule has 0 amide bonds. The van der Waals surface area contributed by atoms with Gasteiger partial charge in [0.15, 0.2) is 0 Å². The molecule has 0 spiro atoms. The van der Waals surface area contributed by atoms with Crippen molar-refractivity contribution in [2.24, 2.45) is 0 Å². The molecular formula is C20H25N2OSn+. The minimum absolute atomic E-state index is 0.985. The van der Waals surface area contributed by atoms with Crippen LogP contribution in [0.25, 0.3) is 21.9 Å². The molecule has 0 radical (unpaired) electrons. The Hall–Kier alpha value is -1.49. The molecule has 3 aromatic rings. The van der Waals surface area contributed by atoms with Crippen molar-refractivity contribution in [2.75, 3.05) is 27.2 Å². The number of amidine groups is 1. The Kier molecular flexibility index (Phi) is 3.68. The Balaban J connectivity index is 2.13. The Bertz CT molecular complexity index is 978. The first kappa shape index (κ1) is 16.0. The number of benzene rings is 2. The fourth-order valence-electron chi connectivity index (χ4n) is 3.64. The van der Waals surface area contributed by atoms with Crippen LogP contribution in [0.4, 0.5) is 0 Å². The molecule has 1 aromatic heterocycles. The zero-order chi connectivity index (χ0) is 17.1. The third kappa shape index (κ3) is 2.44. The van der Waals surface area contributed by atoms with Crippen molar-refractivity contribution in [3.05, 3.63) is 42.0 Å². The summed E-state index contributed by atoms with van der Waals surface area (Å²) in [7, 11) is 4.36. The van der Waals surface area contributed by atoms with Crippen LogP contribution in [0.5, 0.6) is 0 Å². The monoisotopic (exact) mass is 429 g/mol. The normalized spacial score (nSPS) is 16.0. The molecule has 3 nitrogen and oxygen atoms in total. The van der Waals surface area contributed by atoms with Crippen LogP contribution in [0.15, 0.2) is 40.8 Å². The molecule has 24 heavy (non-hydrogen) atoms. The molecule has 1 aliphatic rings. The van der Waals surface area contributed by atoms with Crippen molar-refractivity contribution in [3.63, 3.8) is 0 Å². The predicted molar refractivity (Wildman–Crippen MR) is 104 cm³/mol. The van der Waals surface area contributed by atoms with Crippen LogP contribution >= 0.6 is 0 Å². The van der Waals surface area contributed by atoms with Gasteiger partial charge >= 0.3 is 148 Å². The fourth-order valence-corrected chi connectivity index (χ4v) is 6.94. The topological polar surface area (TPSA) is 19.4 Å². The van der Waals surface area contributed by atoms with Gasteiger partial charge in [-0.3, -0.25) is 0 Å². The molecule has 0 aliphatic carbocycles. The SMILES string of the molecule is CN1CC[N+](C)=C1c1c[c]([Sn]([CH3])([CH3])[CH3])cc2c1oc1ccccc12. The second-order valence-electron chi connectivity index (χ2n) is 7.92. The van der Waals surface area contributed by atoms with Crippen LogP contribution in [-0.2, 0) is 0 Å². The van der Waals surface area contributed by atoms with E-state index in [0.29, 0.717) is 0 Å². The summed E-state index contributed by atoms with van der Waals surface area (Å²) in [6.45, 7) is 2.13. The number of para-hydroxylation sites is 1. The van der Waals surface area contributed by atoms with E-state index in [9.17, 15) is 0 Å². The Morgan fingerprint density at radius 3 is 2.50 bits per heavy atom. The minimum atomic E-state index is -2.21. The molecular weight excluding hydrogens is 403 g/mol. The molecule has 2 heterocycles. The molecule has 0 atom stereocenters. The zero-order valence-corrected chi connectivity index (χ0v) is 18.0. The van der Waals surface area contributed by atoms with Gasteiger partial charge in [0.1, 0.15) is 0 Å². The summed E-state index contributed by atoms with van der Waals surface area (Å²) in [4.78, 5) is 9.79. The van der Waals surface area contributed by atoms with Gasteiger partial charge in [-0.25, -0.2) is 0 Å². The zero-order valence-electron chi connectivity index (χ0n) is 15.2. The van der Waals surface area contributed by atoms with E-state index in [1.165, 1.54) is 22.2 Å². The summed E-state index contributed by atoms with van der Waals surface area (Å²) < 4.78 is 10.2. The van der Waals surface area contributed by atoms with Crippen molar-refractivity contribution in [1.29, 1.82) is 0 Å². The first-order chi connectivity index (χ1) is 11.4. The van der Waals surface area contributed by atoms with E-state index in [-0.39, 0.29) is 0 Å². The van der Waals surface area contributed by atoms with E-state index in [2.05, 4.69) is 74.8 Å². The number of fused-ring (bicyclic) bond motifs is 3. The summed E-state index contributed by atoms with van der Waals surface area (Å²) in [5.74, 6) is 1.29. The number of hydrogen-bond donors (Lipinski definition) is 0. The van der Waals surface area contributed by atoms with Crippen LogP contribution in [0.2, 0.25) is 14.8 Å². The van der Waals surface area contributed by atoms with E-state index < -0.39 is 18.4 Å². The molecule has 0 N–H and O–H groups in total. The maximum atomic E-state index is 6.31. The van der Waals surface area contributed by atoms with Gasteiger partial charge in [0.25, 0.3) is 0 Å². The van der Waals surface area contributed by atoms with Crippen LogP contribution in [-0.4, -0.2) is 60.9 Å². The molecule has 0 saturated carbocycles. The van der Waals surface area contributed by atoms with E-state index in [1.807, 2.05) is 0 Å². The van der Waals surface area contributed by atoms with Crippen LogP contribution in [0.1, 0.15) is 5.56 Å². The van der Waals surface area contributed by atoms with Gasteiger partial charge in [0.05, 0.1) is 0 Å². The predicted octanol–water partition coefficient (Wildman–Crippen LogP) is 3.47. The number of hydrogen-bond acceptors (Lipinski definition) is 2. The summed E-state index contributed by atoms with van der Waals surface area (Å²) in [6, 6.07) is 13.2. The molecule has 0 saturated heterocycles. The van der Waals surface area contributed by atoms with Gasteiger partial charge in [0.2, 0.25) is 0 Å². The van der Waals surface area contributed by atoms with Crippen molar-refractivity contribution >= 4 is 49.7 Å². The summed E-state index contributed by atoms with van der Waals surface area (Å²) in [5, 5.41) is 2.50. The molecule has 124 valence electrons. The second-order valence-corrected chi connectivity index (χ2v) is 22.4.